The summed E-state index contributed by atoms with van der Waals surface area (Å²) in [6, 6.07) is 7.48. The Morgan fingerprint density at radius 3 is 2.65 bits per heavy atom. The quantitative estimate of drug-likeness (QED) is 0.868. The Labute approximate surface area is 99.2 Å². The van der Waals surface area contributed by atoms with Crippen LogP contribution in [0.1, 0.15) is 5.56 Å². The molecular formula is C12H14N2O3. The number of hydrogen-bond acceptors (Lipinski definition) is 4. The van der Waals surface area contributed by atoms with Crippen LogP contribution in [-0.2, 0) is 6.61 Å². The zero-order chi connectivity index (χ0) is 12.3. The van der Waals surface area contributed by atoms with E-state index in [1.165, 1.54) is 0 Å². The van der Waals surface area contributed by atoms with Gasteiger partial charge in [0.25, 0.3) is 0 Å². The zero-order valence-corrected chi connectivity index (χ0v) is 9.75. The molecule has 0 spiro atoms. The van der Waals surface area contributed by atoms with Crippen molar-refractivity contribution in [1.29, 1.82) is 0 Å². The molecule has 0 bridgehead atoms. The van der Waals surface area contributed by atoms with Crippen molar-refractivity contribution in [3.63, 3.8) is 0 Å². The molecule has 5 nitrogen and oxygen atoms in total. The fourth-order valence-corrected chi connectivity index (χ4v) is 1.67. The van der Waals surface area contributed by atoms with Gasteiger partial charge in [0.05, 0.1) is 32.6 Å². The fourth-order valence-electron chi connectivity index (χ4n) is 1.67. The molecule has 1 aromatic carbocycles. The highest BCUT2D eigenvalue weighted by Crippen LogP contribution is 2.28. The second-order valence-corrected chi connectivity index (χ2v) is 3.42. The van der Waals surface area contributed by atoms with Crippen molar-refractivity contribution in [2.75, 3.05) is 14.2 Å². The van der Waals surface area contributed by atoms with E-state index in [9.17, 15) is 5.11 Å². The van der Waals surface area contributed by atoms with Crippen LogP contribution in [-0.4, -0.2) is 29.1 Å². The SMILES string of the molecule is COc1ccccc1-n1ncc(CO)c1OC. The number of aliphatic hydroxyl groups is 1. The Balaban J connectivity index is 2.56. The van der Waals surface area contributed by atoms with Crippen molar-refractivity contribution >= 4 is 0 Å². The monoisotopic (exact) mass is 234 g/mol. The van der Waals surface area contributed by atoms with Crippen LogP contribution < -0.4 is 9.47 Å². The molecule has 1 heterocycles. The number of aliphatic hydroxyl groups excluding tert-OH is 1. The Hall–Kier alpha value is -2.01. The van der Waals surface area contributed by atoms with Crippen molar-refractivity contribution in [3.8, 4) is 17.3 Å². The molecule has 2 rings (SSSR count). The highest BCUT2D eigenvalue weighted by atomic mass is 16.5. The van der Waals surface area contributed by atoms with Crippen LogP contribution in [0.5, 0.6) is 11.6 Å². The first kappa shape index (κ1) is 11.5. The van der Waals surface area contributed by atoms with Crippen LogP contribution in [0.4, 0.5) is 0 Å². The average Bonchev–Trinajstić information content (AvgIpc) is 2.81. The molecule has 0 amide bonds. The number of methoxy groups -OCH3 is 2. The van der Waals surface area contributed by atoms with Crippen LogP contribution in [0.2, 0.25) is 0 Å². The predicted molar refractivity (Wildman–Crippen MR) is 62.6 cm³/mol. The van der Waals surface area contributed by atoms with E-state index in [1.54, 1.807) is 25.1 Å². The van der Waals surface area contributed by atoms with Gasteiger partial charge in [-0.05, 0) is 12.1 Å². The normalized spacial score (nSPS) is 10.3. The molecular weight excluding hydrogens is 220 g/mol. The molecule has 0 saturated heterocycles. The van der Waals surface area contributed by atoms with Crippen LogP contribution >= 0.6 is 0 Å². The standard InChI is InChI=1S/C12H14N2O3/c1-16-11-6-4-3-5-10(11)14-12(17-2)9(8-15)7-13-14/h3-7,15H,8H2,1-2H3. The number of nitrogens with zero attached hydrogens (tertiary/aromatic N) is 2. The van der Waals surface area contributed by atoms with Gasteiger partial charge in [-0.15, -0.1) is 0 Å². The predicted octanol–water partition coefficient (Wildman–Crippen LogP) is 1.38. The summed E-state index contributed by atoms with van der Waals surface area (Å²) in [5, 5.41) is 13.4. The number of benzene rings is 1. The van der Waals surface area contributed by atoms with Crippen molar-refractivity contribution in [1.82, 2.24) is 9.78 Å². The number of hydrogen-bond donors (Lipinski definition) is 1. The van der Waals surface area contributed by atoms with Gasteiger partial charge in [0.1, 0.15) is 11.4 Å². The van der Waals surface area contributed by atoms with E-state index in [0.29, 0.717) is 17.2 Å². The van der Waals surface area contributed by atoms with Gasteiger partial charge >= 0.3 is 0 Å². The molecule has 0 saturated carbocycles. The second-order valence-electron chi connectivity index (χ2n) is 3.42. The maximum Gasteiger partial charge on any atom is 0.222 e. The third kappa shape index (κ3) is 1.97. The third-order valence-corrected chi connectivity index (χ3v) is 2.47. The number of ether oxygens (including phenoxy) is 2. The Kier molecular flexibility index (Phi) is 3.30. The van der Waals surface area contributed by atoms with E-state index in [1.807, 2.05) is 24.3 Å². The molecule has 0 atom stereocenters. The summed E-state index contributed by atoms with van der Waals surface area (Å²) in [5.74, 6) is 1.20. The van der Waals surface area contributed by atoms with Crippen LogP contribution in [0.25, 0.3) is 5.69 Å². The van der Waals surface area contributed by atoms with Crippen LogP contribution in [0, 0.1) is 0 Å². The molecule has 0 unspecified atom stereocenters. The molecule has 0 aliphatic heterocycles. The van der Waals surface area contributed by atoms with Crippen LogP contribution in [0.15, 0.2) is 30.5 Å². The van der Waals surface area contributed by atoms with Crippen molar-refractivity contribution in [3.05, 3.63) is 36.0 Å². The fraction of sp³-hybridized carbons (Fsp3) is 0.250. The topological polar surface area (TPSA) is 56.5 Å². The molecule has 0 fully saturated rings. The van der Waals surface area contributed by atoms with Gasteiger partial charge in [0, 0.05) is 0 Å². The van der Waals surface area contributed by atoms with Crippen LogP contribution in [0.3, 0.4) is 0 Å². The second kappa shape index (κ2) is 4.88. The smallest absolute Gasteiger partial charge is 0.222 e. The maximum atomic E-state index is 9.17. The summed E-state index contributed by atoms with van der Waals surface area (Å²) >= 11 is 0. The highest BCUT2D eigenvalue weighted by Gasteiger charge is 2.14. The van der Waals surface area contributed by atoms with Gasteiger partial charge in [0.2, 0.25) is 5.88 Å². The van der Waals surface area contributed by atoms with E-state index in [4.69, 9.17) is 9.47 Å². The van der Waals surface area contributed by atoms with Gasteiger partial charge in [0.15, 0.2) is 0 Å². The van der Waals surface area contributed by atoms with Gasteiger partial charge in [-0.25, -0.2) is 0 Å². The minimum Gasteiger partial charge on any atom is -0.494 e. The van der Waals surface area contributed by atoms with E-state index in [0.717, 1.165) is 5.69 Å². The lowest BCUT2D eigenvalue weighted by molar-refractivity contribution is 0.272. The van der Waals surface area contributed by atoms with Gasteiger partial charge < -0.3 is 14.6 Å². The maximum absolute atomic E-state index is 9.17. The zero-order valence-electron chi connectivity index (χ0n) is 9.75. The molecule has 0 aliphatic carbocycles. The van der Waals surface area contributed by atoms with E-state index in [2.05, 4.69) is 5.10 Å². The number of para-hydroxylation sites is 2. The third-order valence-electron chi connectivity index (χ3n) is 2.47. The summed E-state index contributed by atoms with van der Waals surface area (Å²) in [4.78, 5) is 0. The van der Waals surface area contributed by atoms with Crippen molar-refractivity contribution in [2.45, 2.75) is 6.61 Å². The van der Waals surface area contributed by atoms with Crippen molar-refractivity contribution in [2.24, 2.45) is 0 Å². The van der Waals surface area contributed by atoms with E-state index < -0.39 is 0 Å². The summed E-state index contributed by atoms with van der Waals surface area (Å²) in [6.45, 7) is -0.113. The lowest BCUT2D eigenvalue weighted by Gasteiger charge is -2.11. The Morgan fingerprint density at radius 1 is 1.24 bits per heavy atom. The number of aromatic nitrogens is 2. The first-order valence-corrected chi connectivity index (χ1v) is 5.17. The average molecular weight is 234 g/mol. The summed E-state index contributed by atoms with van der Waals surface area (Å²) in [7, 11) is 3.14. The summed E-state index contributed by atoms with van der Waals surface area (Å²) in [5.41, 5.74) is 1.41. The molecule has 2 aromatic rings. The van der Waals surface area contributed by atoms with E-state index >= 15 is 0 Å². The minimum absolute atomic E-state index is 0.113. The van der Waals surface area contributed by atoms with Gasteiger partial charge in [-0.3, -0.25) is 0 Å². The lowest BCUT2D eigenvalue weighted by Crippen LogP contribution is -2.02. The Bertz CT molecular complexity index is 508. The first-order chi connectivity index (χ1) is 8.31. The van der Waals surface area contributed by atoms with E-state index in [-0.39, 0.29) is 6.61 Å². The molecule has 90 valence electrons. The molecule has 1 N–H and O–H groups in total. The molecule has 1 aromatic heterocycles. The Morgan fingerprint density at radius 2 is 2.00 bits per heavy atom. The summed E-state index contributed by atoms with van der Waals surface area (Å²) < 4.78 is 12.1. The largest absolute Gasteiger partial charge is 0.494 e. The summed E-state index contributed by atoms with van der Waals surface area (Å²) in [6.07, 6.45) is 1.57. The minimum atomic E-state index is -0.113. The molecule has 5 heteroatoms. The van der Waals surface area contributed by atoms with Gasteiger partial charge in [-0.2, -0.15) is 9.78 Å². The molecule has 17 heavy (non-hydrogen) atoms. The highest BCUT2D eigenvalue weighted by molar-refractivity contribution is 5.48. The van der Waals surface area contributed by atoms with Crippen molar-refractivity contribution < 1.29 is 14.6 Å². The first-order valence-electron chi connectivity index (χ1n) is 5.17. The van der Waals surface area contributed by atoms with Gasteiger partial charge in [-0.1, -0.05) is 12.1 Å². The number of rotatable bonds is 4. The molecule has 0 aliphatic rings. The lowest BCUT2D eigenvalue weighted by atomic mass is 10.3. The molecule has 0 radical (unpaired) electrons.